The molecule has 6 heteroatoms. The van der Waals surface area contributed by atoms with Crippen molar-refractivity contribution in [1.29, 1.82) is 0 Å². The zero-order valence-electron chi connectivity index (χ0n) is 39.6. The van der Waals surface area contributed by atoms with Crippen molar-refractivity contribution in [3.63, 3.8) is 0 Å². The molecule has 0 rings (SSSR count). The summed E-state index contributed by atoms with van der Waals surface area (Å²) in [6.07, 6.45) is 67.6. The van der Waals surface area contributed by atoms with Gasteiger partial charge in [-0.1, -0.05) is 206 Å². The van der Waals surface area contributed by atoms with Gasteiger partial charge in [-0.3, -0.25) is 14.4 Å². The number of unbranched alkanes of at least 4 members (excludes halogenated alkanes) is 15. The van der Waals surface area contributed by atoms with E-state index in [0.717, 1.165) is 89.9 Å². The molecule has 0 aliphatic rings. The van der Waals surface area contributed by atoms with Crippen molar-refractivity contribution in [3.8, 4) is 0 Å². The fourth-order valence-electron chi connectivity index (χ4n) is 6.18. The van der Waals surface area contributed by atoms with Crippen LogP contribution in [0.25, 0.3) is 0 Å². The van der Waals surface area contributed by atoms with Crippen molar-refractivity contribution in [3.05, 3.63) is 122 Å². The van der Waals surface area contributed by atoms with E-state index in [1.165, 1.54) is 51.4 Å². The first-order chi connectivity index (χ1) is 30.5. The Kier molecular flexibility index (Phi) is 46.1. The molecule has 1 unspecified atom stereocenters. The van der Waals surface area contributed by atoms with Gasteiger partial charge in [-0.25, -0.2) is 0 Å². The number of esters is 3. The summed E-state index contributed by atoms with van der Waals surface area (Å²) in [6.45, 7) is 6.25. The lowest BCUT2D eigenvalue weighted by Gasteiger charge is -2.18. The highest BCUT2D eigenvalue weighted by molar-refractivity contribution is 5.71. The molecule has 0 radical (unpaired) electrons. The van der Waals surface area contributed by atoms with Crippen LogP contribution in [-0.4, -0.2) is 37.2 Å². The number of hydrogen-bond donors (Lipinski definition) is 0. The SMILES string of the molecule is CC/C=C/C=C/C=C/C=C/C=C/CCCCCC(=O)OC(COC(=O)CC/C=C/C/C=C/CCCCCCCC)COC(=O)CCCCCCCC/C=C/C/C=C/C/C=C/CC. The van der Waals surface area contributed by atoms with Gasteiger partial charge < -0.3 is 14.2 Å². The average Bonchev–Trinajstić information content (AvgIpc) is 3.27. The molecule has 0 aliphatic carbocycles. The Balaban J connectivity index is 4.57. The summed E-state index contributed by atoms with van der Waals surface area (Å²) in [5.41, 5.74) is 0. The summed E-state index contributed by atoms with van der Waals surface area (Å²) in [7, 11) is 0. The minimum absolute atomic E-state index is 0.123. The fourth-order valence-corrected chi connectivity index (χ4v) is 6.18. The summed E-state index contributed by atoms with van der Waals surface area (Å²) < 4.78 is 16.7. The number of carbonyl (C=O) groups is 3. The van der Waals surface area contributed by atoms with Crippen LogP contribution >= 0.6 is 0 Å². The van der Waals surface area contributed by atoms with E-state index in [2.05, 4.69) is 87.6 Å². The van der Waals surface area contributed by atoms with E-state index in [4.69, 9.17) is 14.2 Å². The fraction of sp³-hybridized carbons (Fsp3) is 0.589. The molecule has 0 aromatic heterocycles. The van der Waals surface area contributed by atoms with Crippen LogP contribution in [0.1, 0.15) is 194 Å². The largest absolute Gasteiger partial charge is 0.462 e. The lowest BCUT2D eigenvalue weighted by Crippen LogP contribution is -2.30. The Morgan fingerprint density at radius 2 is 0.742 bits per heavy atom. The van der Waals surface area contributed by atoms with Gasteiger partial charge in [-0.05, 0) is 89.9 Å². The van der Waals surface area contributed by atoms with Crippen molar-refractivity contribution in [2.24, 2.45) is 0 Å². The predicted octanol–water partition coefficient (Wildman–Crippen LogP) is 16.1. The molecule has 0 spiro atoms. The maximum absolute atomic E-state index is 12.8. The summed E-state index contributed by atoms with van der Waals surface area (Å²) in [6, 6.07) is 0. The van der Waals surface area contributed by atoms with Crippen molar-refractivity contribution in [2.75, 3.05) is 13.2 Å². The smallest absolute Gasteiger partial charge is 0.306 e. The Morgan fingerprint density at radius 3 is 1.29 bits per heavy atom. The van der Waals surface area contributed by atoms with Gasteiger partial charge >= 0.3 is 17.9 Å². The van der Waals surface area contributed by atoms with Crippen molar-refractivity contribution >= 4 is 17.9 Å². The zero-order valence-corrected chi connectivity index (χ0v) is 39.6. The molecule has 0 heterocycles. The molecule has 0 N–H and O–H groups in total. The maximum atomic E-state index is 12.8. The van der Waals surface area contributed by atoms with E-state index < -0.39 is 6.10 Å². The number of hydrogen-bond acceptors (Lipinski definition) is 6. The monoisotopic (exact) mass is 857 g/mol. The van der Waals surface area contributed by atoms with E-state index in [0.29, 0.717) is 19.3 Å². The molecule has 0 amide bonds. The first-order valence-electron chi connectivity index (χ1n) is 24.6. The van der Waals surface area contributed by atoms with E-state index >= 15 is 0 Å². The third-order valence-corrected chi connectivity index (χ3v) is 9.82. The summed E-state index contributed by atoms with van der Waals surface area (Å²) in [5, 5.41) is 0. The summed E-state index contributed by atoms with van der Waals surface area (Å²) in [4.78, 5) is 37.9. The third kappa shape index (κ3) is 46.9. The number of rotatable bonds is 42. The van der Waals surface area contributed by atoms with Gasteiger partial charge in [0.25, 0.3) is 0 Å². The standard InChI is InChI=1S/C56H88O6/c1-4-7-10-13-16-19-22-25-27-29-31-34-37-40-43-46-49-55(58)61-52-53(51-60-54(57)48-45-42-39-36-33-30-24-21-18-15-12-9-6-3)62-56(59)50-47-44-41-38-35-32-28-26-23-20-17-14-11-8-5-2/h7-8,10-11,14,16-17,19-20,23,25-28,30,32-33,35,39,42,53H,4-6,9,12-13,15,18,21-22,24,29,31,34,36-38,40-41,43-52H2,1-3H3/b10-7+,11-8+,17-14+,19-16+,23-20+,27-25+,28-26+,33-30+,35-32+,42-39+. The Morgan fingerprint density at radius 1 is 0.355 bits per heavy atom. The molecule has 0 fully saturated rings. The number of allylic oxidation sites excluding steroid dienone is 20. The van der Waals surface area contributed by atoms with Gasteiger partial charge in [0, 0.05) is 19.3 Å². The van der Waals surface area contributed by atoms with Gasteiger partial charge in [0.05, 0.1) is 0 Å². The molecule has 0 aromatic rings. The second-order valence-electron chi connectivity index (χ2n) is 15.7. The van der Waals surface area contributed by atoms with Crippen molar-refractivity contribution in [2.45, 2.75) is 200 Å². The third-order valence-electron chi connectivity index (χ3n) is 9.82. The average molecular weight is 857 g/mol. The molecular weight excluding hydrogens is 769 g/mol. The zero-order chi connectivity index (χ0) is 45.1. The van der Waals surface area contributed by atoms with Crippen LogP contribution in [0.2, 0.25) is 0 Å². The van der Waals surface area contributed by atoms with Crippen molar-refractivity contribution in [1.82, 2.24) is 0 Å². The highest BCUT2D eigenvalue weighted by Gasteiger charge is 2.19. The maximum Gasteiger partial charge on any atom is 0.306 e. The quantitative estimate of drug-likeness (QED) is 0.0200. The predicted molar refractivity (Wildman–Crippen MR) is 265 cm³/mol. The molecule has 0 saturated carbocycles. The van der Waals surface area contributed by atoms with Crippen LogP contribution in [0.15, 0.2) is 122 Å². The van der Waals surface area contributed by atoms with Gasteiger partial charge in [0.1, 0.15) is 13.2 Å². The van der Waals surface area contributed by atoms with E-state index in [-0.39, 0.29) is 44.0 Å². The minimum Gasteiger partial charge on any atom is -0.462 e. The number of ether oxygens (including phenoxy) is 3. The lowest BCUT2D eigenvalue weighted by atomic mass is 10.1. The summed E-state index contributed by atoms with van der Waals surface area (Å²) in [5.74, 6) is -1.06. The molecule has 1 atom stereocenters. The molecule has 348 valence electrons. The van der Waals surface area contributed by atoms with Gasteiger partial charge in [0.15, 0.2) is 6.10 Å². The Labute approximate surface area is 380 Å². The summed E-state index contributed by atoms with van der Waals surface area (Å²) >= 11 is 0. The molecule has 6 nitrogen and oxygen atoms in total. The Bertz CT molecular complexity index is 1350. The van der Waals surface area contributed by atoms with Crippen LogP contribution in [0.3, 0.4) is 0 Å². The van der Waals surface area contributed by atoms with E-state index in [1.54, 1.807) is 0 Å². The molecule has 0 saturated heterocycles. The topological polar surface area (TPSA) is 78.9 Å². The Hall–Kier alpha value is -4.19. The van der Waals surface area contributed by atoms with Crippen LogP contribution in [-0.2, 0) is 28.6 Å². The van der Waals surface area contributed by atoms with Crippen LogP contribution in [0.4, 0.5) is 0 Å². The highest BCUT2D eigenvalue weighted by Crippen LogP contribution is 2.12. The normalized spacial score (nSPS) is 13.1. The molecule has 0 aliphatic heterocycles. The minimum atomic E-state index is -0.831. The van der Waals surface area contributed by atoms with Gasteiger partial charge in [-0.15, -0.1) is 0 Å². The van der Waals surface area contributed by atoms with Gasteiger partial charge in [0.2, 0.25) is 0 Å². The van der Waals surface area contributed by atoms with Crippen LogP contribution in [0.5, 0.6) is 0 Å². The first kappa shape index (κ1) is 57.8. The van der Waals surface area contributed by atoms with Crippen LogP contribution < -0.4 is 0 Å². The molecule has 0 bridgehead atoms. The second kappa shape index (κ2) is 49.5. The molecular formula is C56H88O6. The van der Waals surface area contributed by atoms with E-state index in [9.17, 15) is 14.4 Å². The van der Waals surface area contributed by atoms with E-state index in [1.807, 2.05) is 54.7 Å². The van der Waals surface area contributed by atoms with Crippen LogP contribution in [0, 0.1) is 0 Å². The highest BCUT2D eigenvalue weighted by atomic mass is 16.6. The number of carbonyl (C=O) groups excluding carboxylic acids is 3. The second-order valence-corrected chi connectivity index (χ2v) is 15.7. The lowest BCUT2D eigenvalue weighted by molar-refractivity contribution is -0.166. The molecule has 0 aromatic carbocycles. The molecule has 62 heavy (non-hydrogen) atoms. The van der Waals surface area contributed by atoms with Crippen molar-refractivity contribution < 1.29 is 28.6 Å². The van der Waals surface area contributed by atoms with Gasteiger partial charge in [-0.2, -0.15) is 0 Å². The first-order valence-corrected chi connectivity index (χ1v) is 24.6.